The van der Waals surface area contributed by atoms with Crippen LogP contribution in [0.2, 0.25) is 0 Å². The van der Waals surface area contributed by atoms with E-state index in [4.69, 9.17) is 0 Å². The lowest BCUT2D eigenvalue weighted by atomic mass is 9.76. The second kappa shape index (κ2) is 6.93. The van der Waals surface area contributed by atoms with Gasteiger partial charge in [-0.1, -0.05) is 74.5 Å². The number of fused-ring (bicyclic) bond motifs is 7. The summed E-state index contributed by atoms with van der Waals surface area (Å²) in [5.74, 6) is -0.373. The molecule has 6 aromatic rings. The lowest BCUT2D eigenvalue weighted by Gasteiger charge is -2.32. The number of aromatic nitrogens is 1. The molecule has 37 heavy (non-hydrogen) atoms. The van der Waals surface area contributed by atoms with Gasteiger partial charge in [-0.3, -0.25) is 9.59 Å². The molecule has 1 aliphatic carbocycles. The van der Waals surface area contributed by atoms with Crippen LogP contribution in [0.5, 0.6) is 0 Å². The number of hydrogen-bond acceptors (Lipinski definition) is 3. The molecule has 0 bridgehead atoms. The van der Waals surface area contributed by atoms with Crippen LogP contribution >= 0.6 is 11.3 Å². The third-order valence-electron chi connectivity index (χ3n) is 8.13. The van der Waals surface area contributed by atoms with Crippen molar-refractivity contribution in [3.05, 3.63) is 118 Å². The maximum Gasteiger partial charge on any atom is 0.197 e. The van der Waals surface area contributed by atoms with Crippen molar-refractivity contribution in [3.63, 3.8) is 0 Å². The number of Topliss-reactive ketones (excluding diaryl/α,β-unsaturated/α-hetero) is 2. The summed E-state index contributed by atoms with van der Waals surface area (Å²) >= 11 is 1.65. The van der Waals surface area contributed by atoms with Crippen molar-refractivity contribution in [1.29, 1.82) is 0 Å². The zero-order chi connectivity index (χ0) is 25.1. The van der Waals surface area contributed by atoms with Crippen LogP contribution in [-0.2, 0) is 5.41 Å². The fraction of sp³-hybridized carbons (Fsp3) is 0.0909. The Balaban J connectivity index is 1.34. The fourth-order valence-electron chi connectivity index (χ4n) is 6.25. The molecule has 4 heteroatoms. The zero-order valence-corrected chi connectivity index (χ0v) is 21.1. The molecule has 0 radical (unpaired) electrons. The minimum atomic E-state index is -0.211. The Bertz CT molecular complexity index is 1990. The second-order valence-corrected chi connectivity index (χ2v) is 11.6. The van der Waals surface area contributed by atoms with Gasteiger partial charge in [0.05, 0.1) is 16.6 Å². The second-order valence-electron chi connectivity index (χ2n) is 10.5. The lowest BCUT2D eigenvalue weighted by Crippen LogP contribution is -2.24. The van der Waals surface area contributed by atoms with Gasteiger partial charge in [0.1, 0.15) is 5.00 Å². The minimum absolute atomic E-state index is 0.187. The molecule has 0 fully saturated rings. The molecule has 0 saturated heterocycles. The normalized spacial score (nSPS) is 15.6. The molecule has 0 spiro atoms. The average Bonchev–Trinajstić information content (AvgIpc) is 3.55. The van der Waals surface area contributed by atoms with Crippen LogP contribution in [0.15, 0.2) is 90.5 Å². The van der Waals surface area contributed by atoms with Crippen LogP contribution in [0.25, 0.3) is 43.7 Å². The summed E-state index contributed by atoms with van der Waals surface area (Å²) in [5, 5.41) is 5.59. The third kappa shape index (κ3) is 2.60. The number of carbonyl (C=O) groups is 2. The van der Waals surface area contributed by atoms with E-state index >= 15 is 0 Å². The summed E-state index contributed by atoms with van der Waals surface area (Å²) in [5.41, 5.74) is 5.97. The Morgan fingerprint density at radius 3 is 2.11 bits per heavy atom. The highest BCUT2D eigenvalue weighted by atomic mass is 32.1. The molecule has 2 aliphatic rings. The van der Waals surface area contributed by atoms with Crippen molar-refractivity contribution in [2.45, 2.75) is 19.3 Å². The maximum absolute atomic E-state index is 13.4. The van der Waals surface area contributed by atoms with Gasteiger partial charge in [0, 0.05) is 32.2 Å². The van der Waals surface area contributed by atoms with Gasteiger partial charge in [0.25, 0.3) is 0 Å². The SMILES string of the molecule is CC1(C)c2cc(C=C3C(=O)c4cc5ccccc5cc4C3=O)sc2-n2c3ccccc3c3cccc1c32. The van der Waals surface area contributed by atoms with Crippen molar-refractivity contribution < 1.29 is 9.59 Å². The number of thiophene rings is 1. The molecular weight excluding hydrogens is 474 g/mol. The number of para-hydroxylation sites is 2. The summed E-state index contributed by atoms with van der Waals surface area (Å²) in [6, 6.07) is 28.8. The van der Waals surface area contributed by atoms with Crippen LogP contribution in [0.1, 0.15) is 50.6 Å². The molecule has 8 rings (SSSR count). The van der Waals surface area contributed by atoms with Crippen LogP contribution in [0.4, 0.5) is 0 Å². The first kappa shape index (κ1) is 20.9. The van der Waals surface area contributed by atoms with Gasteiger partial charge in [-0.05, 0) is 52.2 Å². The van der Waals surface area contributed by atoms with Crippen molar-refractivity contribution in [3.8, 4) is 5.00 Å². The van der Waals surface area contributed by atoms with Crippen molar-refractivity contribution in [1.82, 2.24) is 4.57 Å². The van der Waals surface area contributed by atoms with E-state index in [0.717, 1.165) is 20.7 Å². The van der Waals surface area contributed by atoms with Crippen LogP contribution < -0.4 is 0 Å². The molecule has 176 valence electrons. The number of hydrogen-bond donors (Lipinski definition) is 0. The molecule has 3 nitrogen and oxygen atoms in total. The first-order chi connectivity index (χ1) is 17.9. The number of rotatable bonds is 1. The highest BCUT2D eigenvalue weighted by molar-refractivity contribution is 7.15. The van der Waals surface area contributed by atoms with E-state index in [0.29, 0.717) is 11.1 Å². The first-order valence-corrected chi connectivity index (χ1v) is 13.3. The predicted octanol–water partition coefficient (Wildman–Crippen LogP) is 8.10. The standard InChI is InChI=1S/C33H21NO2S/c1-33(2)26-12-7-11-22-21-10-5-6-13-28(21)34(29(22)26)32-27(33)17-20(37-32)16-25-30(35)23-14-18-8-3-4-9-19(18)15-24(23)31(25)36/h3-17H,1-2H3. The van der Waals surface area contributed by atoms with E-state index in [9.17, 15) is 9.59 Å². The van der Waals surface area contributed by atoms with Crippen molar-refractivity contribution in [2.75, 3.05) is 0 Å². The average molecular weight is 496 g/mol. The monoisotopic (exact) mass is 495 g/mol. The van der Waals surface area contributed by atoms with Gasteiger partial charge in [0.15, 0.2) is 11.6 Å². The number of allylic oxidation sites excluding steroid dienone is 1. The molecule has 3 heterocycles. The highest BCUT2D eigenvalue weighted by Crippen LogP contribution is 2.50. The Morgan fingerprint density at radius 1 is 0.730 bits per heavy atom. The molecule has 0 amide bonds. The van der Waals surface area contributed by atoms with Crippen LogP contribution in [0.3, 0.4) is 0 Å². The number of carbonyl (C=O) groups excluding carboxylic acids is 2. The number of nitrogens with zero attached hydrogens (tertiary/aromatic N) is 1. The van der Waals surface area contributed by atoms with Gasteiger partial charge < -0.3 is 4.57 Å². The Hall–Kier alpha value is -4.28. The Labute approximate surface area is 217 Å². The highest BCUT2D eigenvalue weighted by Gasteiger charge is 2.38. The number of ketones is 2. The molecule has 0 unspecified atom stereocenters. The summed E-state index contributed by atoms with van der Waals surface area (Å²) < 4.78 is 2.37. The summed E-state index contributed by atoms with van der Waals surface area (Å²) in [6.45, 7) is 4.53. The topological polar surface area (TPSA) is 39.1 Å². The zero-order valence-electron chi connectivity index (χ0n) is 20.3. The van der Waals surface area contributed by atoms with Crippen molar-refractivity contribution >= 4 is 61.6 Å². The quantitative estimate of drug-likeness (QED) is 0.171. The summed E-state index contributed by atoms with van der Waals surface area (Å²) in [7, 11) is 0. The third-order valence-corrected chi connectivity index (χ3v) is 9.19. The van der Waals surface area contributed by atoms with Crippen LogP contribution in [-0.4, -0.2) is 16.1 Å². The van der Waals surface area contributed by atoms with Crippen molar-refractivity contribution in [2.24, 2.45) is 0 Å². The molecule has 0 N–H and O–H groups in total. The van der Waals surface area contributed by atoms with E-state index in [-0.39, 0.29) is 22.6 Å². The molecule has 4 aromatic carbocycles. The smallest absolute Gasteiger partial charge is 0.197 e. The Morgan fingerprint density at radius 2 is 1.38 bits per heavy atom. The van der Waals surface area contributed by atoms with Gasteiger partial charge in [0.2, 0.25) is 0 Å². The Kier molecular flexibility index (Phi) is 3.91. The van der Waals surface area contributed by atoms with E-state index in [1.165, 1.54) is 32.9 Å². The predicted molar refractivity (Wildman–Crippen MR) is 151 cm³/mol. The summed E-state index contributed by atoms with van der Waals surface area (Å²) in [6.07, 6.45) is 1.81. The van der Waals surface area contributed by atoms with E-state index in [1.807, 2.05) is 42.5 Å². The lowest BCUT2D eigenvalue weighted by molar-refractivity contribution is 0.0990. The van der Waals surface area contributed by atoms with Gasteiger partial charge in [-0.2, -0.15) is 0 Å². The first-order valence-electron chi connectivity index (χ1n) is 12.4. The van der Waals surface area contributed by atoms with Gasteiger partial charge in [-0.25, -0.2) is 0 Å². The van der Waals surface area contributed by atoms with E-state index < -0.39 is 0 Å². The summed E-state index contributed by atoms with van der Waals surface area (Å²) in [4.78, 5) is 27.7. The van der Waals surface area contributed by atoms with Crippen LogP contribution in [0, 0.1) is 0 Å². The maximum atomic E-state index is 13.4. The molecule has 0 atom stereocenters. The van der Waals surface area contributed by atoms with E-state index in [1.54, 1.807) is 11.3 Å². The fourth-order valence-corrected chi connectivity index (χ4v) is 7.53. The van der Waals surface area contributed by atoms with Gasteiger partial charge in [-0.15, -0.1) is 11.3 Å². The largest absolute Gasteiger partial charge is 0.300 e. The molecule has 0 saturated carbocycles. The molecular formula is C33H21NO2S. The van der Waals surface area contributed by atoms with E-state index in [2.05, 4.69) is 66.9 Å². The molecule has 2 aromatic heterocycles. The minimum Gasteiger partial charge on any atom is -0.300 e. The van der Waals surface area contributed by atoms with Gasteiger partial charge >= 0.3 is 0 Å². The molecule has 1 aliphatic heterocycles. The number of benzene rings is 4.